The Morgan fingerprint density at radius 1 is 1.37 bits per heavy atom. The predicted octanol–water partition coefficient (Wildman–Crippen LogP) is -2.44. The first-order chi connectivity index (χ1) is 19.2. The number of urea groups is 1. The highest BCUT2D eigenvalue weighted by Crippen LogP contribution is 2.34. The van der Waals surface area contributed by atoms with E-state index in [4.69, 9.17) is 19.9 Å². The molecule has 16 nitrogen and oxygen atoms in total. The van der Waals surface area contributed by atoms with Crippen LogP contribution in [0, 0.1) is 0 Å². The number of hydrogen-bond donors (Lipinski definition) is 9. The average Bonchev–Trinajstić information content (AvgIpc) is 3.43. The summed E-state index contributed by atoms with van der Waals surface area (Å²) in [5.41, 5.74) is 5.91. The Labute approximate surface area is 237 Å². The monoisotopic (exact) mass is 607 g/mol. The topological polar surface area (TPSA) is 259 Å². The van der Waals surface area contributed by atoms with Crippen LogP contribution in [0.25, 0.3) is 0 Å². The van der Waals surface area contributed by atoms with Gasteiger partial charge in [0.05, 0.1) is 61.2 Å². The molecule has 234 valence electrons. The van der Waals surface area contributed by atoms with Gasteiger partial charge in [0, 0.05) is 19.3 Å². The zero-order valence-corrected chi connectivity index (χ0v) is 23.8. The summed E-state index contributed by atoms with van der Waals surface area (Å²) in [6.07, 6.45) is -4.04. The number of aromatic amines is 1. The second-order valence-corrected chi connectivity index (χ2v) is 12.4. The van der Waals surface area contributed by atoms with Gasteiger partial charge in [-0.2, -0.15) is 0 Å². The van der Waals surface area contributed by atoms with E-state index in [1.54, 1.807) is 26.0 Å². The third kappa shape index (κ3) is 8.66. The largest absolute Gasteiger partial charge is 0.393 e. The van der Waals surface area contributed by atoms with Gasteiger partial charge in [0.2, 0.25) is 9.84 Å². The number of aliphatic hydroxyl groups is 5. The first-order valence-electron chi connectivity index (χ1n) is 13.2. The number of allylic oxidation sites excluding steroid dienone is 1. The Morgan fingerprint density at radius 3 is 2.68 bits per heavy atom. The number of carbonyl (C=O) groups is 1. The molecular formula is C24H41N5O11S. The standard InChI is InChI=1S/C24H41N5O11S/c1-4-5-14(39-22-21(33)18(25)20(32)13(3)38-22)6-16-19(15(31)8-24(35,40-16)7-12(2)30)29-23(34)28-11-41(36,37)17-9-26-10-27-17/h4-5,9-10,12-16,18-22,30-33,35H,6-8,11,25H2,1-3H3,(H,26,27)(H2,28,29,34)/b5-4+/t12-,13+,14-,15-,16-,18-,19+,20+,21-,22-,24+/m0/s1. The summed E-state index contributed by atoms with van der Waals surface area (Å²) in [5.74, 6) is -2.73. The van der Waals surface area contributed by atoms with Gasteiger partial charge < -0.3 is 61.1 Å². The normalized spacial score (nSPS) is 36.1. The lowest BCUT2D eigenvalue weighted by Crippen LogP contribution is -2.63. The van der Waals surface area contributed by atoms with Crippen LogP contribution in [-0.2, 0) is 24.0 Å². The molecule has 2 saturated heterocycles. The molecule has 0 aliphatic carbocycles. The molecule has 0 aromatic carbocycles. The molecule has 41 heavy (non-hydrogen) atoms. The van der Waals surface area contributed by atoms with Crippen LogP contribution in [-0.4, -0.2) is 123 Å². The van der Waals surface area contributed by atoms with Crippen molar-refractivity contribution >= 4 is 15.9 Å². The van der Waals surface area contributed by atoms with Crippen LogP contribution in [0.4, 0.5) is 4.79 Å². The van der Waals surface area contributed by atoms with Gasteiger partial charge in [-0.25, -0.2) is 18.2 Å². The maximum Gasteiger partial charge on any atom is 0.316 e. The summed E-state index contributed by atoms with van der Waals surface area (Å²) < 4.78 is 42.2. The minimum Gasteiger partial charge on any atom is -0.393 e. The molecule has 0 unspecified atom stereocenters. The molecule has 1 aromatic rings. The molecule has 2 aliphatic rings. The molecule has 1 aromatic heterocycles. The van der Waals surface area contributed by atoms with E-state index >= 15 is 0 Å². The summed E-state index contributed by atoms with van der Waals surface area (Å²) in [6, 6.07) is -3.14. The SMILES string of the molecule is C/C=C/[C@@H](C[C@@H]1O[C@](O)(C[C@H](C)O)C[C@H](O)[C@H]1NC(=O)NCS(=O)(=O)c1cnc[nH]1)O[C@@H]1O[C@H](C)[C@@H](O)[C@H](N)[C@@H]1O. The molecule has 3 rings (SSSR count). The first kappa shape index (κ1) is 33.3. The first-order valence-corrected chi connectivity index (χ1v) is 14.9. The second-order valence-electron chi connectivity index (χ2n) is 10.5. The van der Waals surface area contributed by atoms with Crippen LogP contribution in [0.15, 0.2) is 29.7 Å². The van der Waals surface area contributed by atoms with Crippen LogP contribution < -0.4 is 16.4 Å². The minimum atomic E-state index is -3.92. The number of aliphatic hydroxyl groups excluding tert-OH is 4. The molecule has 2 aliphatic heterocycles. The fourth-order valence-electron chi connectivity index (χ4n) is 4.91. The summed E-state index contributed by atoms with van der Waals surface area (Å²) in [4.78, 5) is 18.8. The van der Waals surface area contributed by atoms with Crippen molar-refractivity contribution in [3.63, 3.8) is 0 Å². The molecule has 17 heteroatoms. The Bertz CT molecular complexity index is 1120. The molecule has 0 saturated carbocycles. The van der Waals surface area contributed by atoms with E-state index in [2.05, 4.69) is 20.6 Å². The van der Waals surface area contributed by atoms with Crippen molar-refractivity contribution in [2.45, 2.75) is 112 Å². The van der Waals surface area contributed by atoms with Gasteiger partial charge >= 0.3 is 6.03 Å². The van der Waals surface area contributed by atoms with Crippen LogP contribution in [0.1, 0.15) is 40.0 Å². The van der Waals surface area contributed by atoms with Crippen LogP contribution in [0.5, 0.6) is 0 Å². The highest BCUT2D eigenvalue weighted by Gasteiger charge is 2.48. The number of H-pyrrole nitrogens is 1. The van der Waals surface area contributed by atoms with Gasteiger partial charge in [0.1, 0.15) is 12.0 Å². The zero-order valence-electron chi connectivity index (χ0n) is 23.0. The quantitative estimate of drug-likeness (QED) is 0.119. The van der Waals surface area contributed by atoms with E-state index in [0.29, 0.717) is 0 Å². The number of sulfone groups is 1. The summed E-state index contributed by atoms with van der Waals surface area (Å²) >= 11 is 0. The second kappa shape index (κ2) is 13.9. The fraction of sp³-hybridized carbons (Fsp3) is 0.750. The van der Waals surface area contributed by atoms with Gasteiger partial charge in [-0.1, -0.05) is 12.2 Å². The van der Waals surface area contributed by atoms with Crippen LogP contribution in [0.3, 0.4) is 0 Å². The van der Waals surface area contributed by atoms with Crippen LogP contribution in [0.2, 0.25) is 0 Å². The van der Waals surface area contributed by atoms with Crippen molar-refractivity contribution in [3.8, 4) is 0 Å². The lowest BCUT2D eigenvalue weighted by atomic mass is 9.88. The van der Waals surface area contributed by atoms with Crippen molar-refractivity contribution in [3.05, 3.63) is 24.7 Å². The highest BCUT2D eigenvalue weighted by molar-refractivity contribution is 7.91. The Kier molecular flexibility index (Phi) is 11.3. The number of imidazole rings is 1. The maximum absolute atomic E-state index is 12.7. The molecule has 0 bridgehead atoms. The molecule has 2 amide bonds. The van der Waals surface area contributed by atoms with E-state index < -0.39 is 88.6 Å². The molecule has 0 radical (unpaired) electrons. The van der Waals surface area contributed by atoms with E-state index in [0.717, 1.165) is 6.20 Å². The summed E-state index contributed by atoms with van der Waals surface area (Å²) in [7, 11) is -3.92. The Morgan fingerprint density at radius 2 is 2.07 bits per heavy atom. The number of carbonyl (C=O) groups excluding carboxylic acids is 1. The van der Waals surface area contributed by atoms with Crippen molar-refractivity contribution in [2.75, 3.05) is 5.88 Å². The number of amides is 2. The summed E-state index contributed by atoms with van der Waals surface area (Å²) in [6.45, 7) is 4.71. The van der Waals surface area contributed by atoms with Gasteiger partial charge in [0.25, 0.3) is 0 Å². The van der Waals surface area contributed by atoms with Crippen molar-refractivity contribution in [2.24, 2.45) is 5.73 Å². The molecular weight excluding hydrogens is 566 g/mol. The van der Waals surface area contributed by atoms with E-state index in [9.17, 15) is 38.7 Å². The number of ether oxygens (including phenoxy) is 3. The lowest BCUT2D eigenvalue weighted by Gasteiger charge is -2.46. The maximum atomic E-state index is 12.7. The Balaban J connectivity index is 1.77. The van der Waals surface area contributed by atoms with Crippen molar-refractivity contribution in [1.29, 1.82) is 0 Å². The fourth-order valence-corrected chi connectivity index (χ4v) is 5.84. The molecule has 11 atom stereocenters. The van der Waals surface area contributed by atoms with Crippen molar-refractivity contribution in [1.82, 2.24) is 20.6 Å². The lowest BCUT2D eigenvalue weighted by molar-refractivity contribution is -0.302. The molecule has 2 fully saturated rings. The molecule has 10 N–H and O–H groups in total. The van der Waals surface area contributed by atoms with Crippen molar-refractivity contribution < 1.29 is 53.0 Å². The zero-order chi connectivity index (χ0) is 30.5. The Hall–Kier alpha value is -2.19. The summed E-state index contributed by atoms with van der Waals surface area (Å²) in [5, 5.41) is 57.0. The number of nitrogens with one attached hydrogen (secondary N) is 3. The number of nitrogens with two attached hydrogens (primary N) is 1. The minimum absolute atomic E-state index is 0.0976. The van der Waals surface area contributed by atoms with Crippen LogP contribution >= 0.6 is 0 Å². The predicted molar refractivity (Wildman–Crippen MR) is 141 cm³/mol. The van der Waals surface area contributed by atoms with E-state index in [1.807, 2.05) is 0 Å². The average molecular weight is 608 g/mol. The highest BCUT2D eigenvalue weighted by atomic mass is 32.2. The molecule has 0 spiro atoms. The van der Waals surface area contributed by atoms with Gasteiger partial charge in [-0.3, -0.25) is 0 Å². The van der Waals surface area contributed by atoms with Gasteiger partial charge in [-0.05, 0) is 20.8 Å². The van der Waals surface area contributed by atoms with Gasteiger partial charge in [-0.15, -0.1) is 0 Å². The van der Waals surface area contributed by atoms with E-state index in [-0.39, 0.29) is 24.3 Å². The number of nitrogens with zero attached hydrogens (tertiary/aromatic N) is 1. The third-order valence-corrected chi connectivity index (χ3v) is 8.35. The van der Waals surface area contributed by atoms with Gasteiger partial charge in [0.15, 0.2) is 17.1 Å². The number of aromatic nitrogens is 2. The number of hydrogen-bond acceptors (Lipinski definition) is 13. The van der Waals surface area contributed by atoms with E-state index in [1.165, 1.54) is 13.3 Å². The third-order valence-electron chi connectivity index (χ3n) is 6.93. The smallest absolute Gasteiger partial charge is 0.316 e. The number of rotatable bonds is 11. The molecule has 3 heterocycles.